The van der Waals surface area contributed by atoms with Gasteiger partial charge in [-0.05, 0) is 6.92 Å². The highest BCUT2D eigenvalue weighted by atomic mass is 35.5. The molecule has 0 bridgehead atoms. The molecule has 15 heavy (non-hydrogen) atoms. The van der Waals surface area contributed by atoms with E-state index >= 15 is 0 Å². The molecule has 0 aliphatic rings. The summed E-state index contributed by atoms with van der Waals surface area (Å²) in [7, 11) is 1.30. The zero-order chi connectivity index (χ0) is 11.6. The van der Waals surface area contributed by atoms with Gasteiger partial charge in [0, 0.05) is 13.1 Å². The summed E-state index contributed by atoms with van der Waals surface area (Å²) in [5.41, 5.74) is 0. The summed E-state index contributed by atoms with van der Waals surface area (Å²) >= 11 is 5.61. The molecule has 0 aliphatic heterocycles. The third kappa shape index (κ3) is 3.91. The first-order valence-corrected chi connectivity index (χ1v) is 4.45. The van der Waals surface area contributed by atoms with Crippen LogP contribution in [0.2, 0.25) is 5.15 Å². The molecule has 1 rings (SSSR count). The highest BCUT2D eigenvalue weighted by Crippen LogP contribution is 2.20. The van der Waals surface area contributed by atoms with Crippen molar-refractivity contribution in [3.8, 4) is 0 Å². The maximum absolute atomic E-state index is 12.1. The lowest BCUT2D eigenvalue weighted by Crippen LogP contribution is -2.31. The van der Waals surface area contributed by atoms with Crippen molar-refractivity contribution in [2.75, 3.05) is 18.5 Å². The highest BCUT2D eigenvalue weighted by Gasteiger charge is 2.29. The molecule has 84 valence electrons. The number of alkyl halides is 3. The fourth-order valence-electron chi connectivity index (χ4n) is 1.06. The standard InChI is InChI=1S/C8H9ClF3N3/c1-5-13-6(9)3-7(14-5)15(2)4-8(10,11)12/h3H,4H2,1-2H3. The molecule has 0 aromatic carbocycles. The number of hydrogen-bond acceptors (Lipinski definition) is 3. The van der Waals surface area contributed by atoms with Crippen molar-refractivity contribution in [1.82, 2.24) is 9.97 Å². The molecule has 7 heteroatoms. The minimum Gasteiger partial charge on any atom is -0.350 e. The lowest BCUT2D eigenvalue weighted by atomic mass is 10.4. The molecular weight excluding hydrogens is 231 g/mol. The van der Waals surface area contributed by atoms with Crippen LogP contribution in [0, 0.1) is 6.92 Å². The van der Waals surface area contributed by atoms with E-state index in [1.54, 1.807) is 6.92 Å². The van der Waals surface area contributed by atoms with E-state index in [9.17, 15) is 13.2 Å². The predicted octanol–water partition coefficient (Wildman–Crippen LogP) is 2.44. The predicted molar refractivity (Wildman–Crippen MR) is 51.1 cm³/mol. The normalized spacial score (nSPS) is 11.6. The molecule has 0 radical (unpaired) electrons. The first-order chi connectivity index (χ1) is 6.78. The Hall–Kier alpha value is -1.04. The molecule has 0 saturated heterocycles. The number of anilines is 1. The second kappa shape index (κ2) is 4.22. The van der Waals surface area contributed by atoms with Gasteiger partial charge in [0.2, 0.25) is 0 Å². The Morgan fingerprint density at radius 3 is 2.47 bits per heavy atom. The monoisotopic (exact) mass is 239 g/mol. The highest BCUT2D eigenvalue weighted by molar-refractivity contribution is 6.29. The van der Waals surface area contributed by atoms with Gasteiger partial charge in [0.25, 0.3) is 0 Å². The van der Waals surface area contributed by atoms with E-state index < -0.39 is 12.7 Å². The summed E-state index contributed by atoms with van der Waals surface area (Å²) in [4.78, 5) is 8.58. The average Bonchev–Trinajstić information content (AvgIpc) is 1.98. The summed E-state index contributed by atoms with van der Waals surface area (Å²) in [6.07, 6.45) is -4.26. The van der Waals surface area contributed by atoms with Crippen molar-refractivity contribution in [1.29, 1.82) is 0 Å². The van der Waals surface area contributed by atoms with Crippen LogP contribution in [0.4, 0.5) is 19.0 Å². The molecule has 0 spiro atoms. The van der Waals surface area contributed by atoms with E-state index in [0.717, 1.165) is 4.90 Å². The van der Waals surface area contributed by atoms with Crippen LogP contribution in [0.5, 0.6) is 0 Å². The number of hydrogen-bond donors (Lipinski definition) is 0. The molecule has 0 amide bonds. The van der Waals surface area contributed by atoms with Crippen LogP contribution in [0.1, 0.15) is 5.82 Å². The SMILES string of the molecule is Cc1nc(Cl)cc(N(C)CC(F)(F)F)n1. The Labute approximate surface area is 89.9 Å². The lowest BCUT2D eigenvalue weighted by Gasteiger charge is -2.19. The van der Waals surface area contributed by atoms with Gasteiger partial charge < -0.3 is 4.90 Å². The minimum atomic E-state index is -4.26. The van der Waals surface area contributed by atoms with Gasteiger partial charge in [-0.15, -0.1) is 0 Å². The van der Waals surface area contributed by atoms with Crippen molar-refractivity contribution >= 4 is 17.4 Å². The molecule has 0 atom stereocenters. The summed E-state index contributed by atoms with van der Waals surface area (Å²) in [6, 6.07) is 1.29. The van der Waals surface area contributed by atoms with Gasteiger partial charge in [-0.1, -0.05) is 11.6 Å². The average molecular weight is 240 g/mol. The van der Waals surface area contributed by atoms with Gasteiger partial charge in [0.1, 0.15) is 23.3 Å². The molecule has 1 aromatic rings. The molecule has 0 fully saturated rings. The fourth-order valence-corrected chi connectivity index (χ4v) is 1.28. The molecule has 1 aromatic heterocycles. The number of aromatic nitrogens is 2. The molecule has 1 heterocycles. The zero-order valence-electron chi connectivity index (χ0n) is 8.14. The van der Waals surface area contributed by atoms with Gasteiger partial charge in [0.05, 0.1) is 0 Å². The molecule has 3 nitrogen and oxygen atoms in total. The van der Waals surface area contributed by atoms with Crippen LogP contribution >= 0.6 is 11.6 Å². The number of halogens is 4. The van der Waals surface area contributed by atoms with E-state index in [0.29, 0.717) is 5.82 Å². The van der Waals surface area contributed by atoms with Gasteiger partial charge >= 0.3 is 6.18 Å². The first kappa shape index (κ1) is 12.0. The van der Waals surface area contributed by atoms with Crippen LogP contribution in [-0.2, 0) is 0 Å². The summed E-state index contributed by atoms with van der Waals surface area (Å²) < 4.78 is 36.2. The molecule has 0 unspecified atom stereocenters. The number of nitrogens with zero attached hydrogens (tertiary/aromatic N) is 3. The van der Waals surface area contributed by atoms with Crippen molar-refractivity contribution in [2.45, 2.75) is 13.1 Å². The minimum absolute atomic E-state index is 0.131. The quantitative estimate of drug-likeness (QED) is 0.743. The molecular formula is C8H9ClF3N3. The summed E-state index contributed by atoms with van der Waals surface area (Å²) in [6.45, 7) is 0.497. The van der Waals surface area contributed by atoms with E-state index in [-0.39, 0.29) is 11.0 Å². The summed E-state index contributed by atoms with van der Waals surface area (Å²) in [5, 5.41) is 0.131. The van der Waals surface area contributed by atoms with E-state index in [2.05, 4.69) is 9.97 Å². The number of rotatable bonds is 2. The van der Waals surface area contributed by atoms with Crippen molar-refractivity contribution < 1.29 is 13.2 Å². The van der Waals surface area contributed by atoms with Crippen molar-refractivity contribution in [3.05, 3.63) is 17.0 Å². The second-order valence-corrected chi connectivity index (χ2v) is 3.45. The molecule has 0 N–H and O–H groups in total. The third-order valence-corrected chi connectivity index (χ3v) is 1.79. The van der Waals surface area contributed by atoms with E-state index in [4.69, 9.17) is 11.6 Å². The largest absolute Gasteiger partial charge is 0.405 e. The Kier molecular flexibility index (Phi) is 3.38. The topological polar surface area (TPSA) is 29.0 Å². The van der Waals surface area contributed by atoms with Gasteiger partial charge in [-0.2, -0.15) is 13.2 Å². The van der Waals surface area contributed by atoms with Gasteiger partial charge in [-0.3, -0.25) is 0 Å². The van der Waals surface area contributed by atoms with Crippen LogP contribution in [-0.4, -0.2) is 29.7 Å². The number of aryl methyl sites for hydroxylation is 1. The second-order valence-electron chi connectivity index (χ2n) is 3.07. The van der Waals surface area contributed by atoms with Crippen LogP contribution in [0.3, 0.4) is 0 Å². The Morgan fingerprint density at radius 2 is 2.00 bits per heavy atom. The van der Waals surface area contributed by atoms with E-state index in [1.165, 1.54) is 13.1 Å². The first-order valence-electron chi connectivity index (χ1n) is 4.07. The van der Waals surface area contributed by atoms with Gasteiger partial charge in [0.15, 0.2) is 0 Å². The Bertz CT molecular complexity index is 333. The van der Waals surface area contributed by atoms with Gasteiger partial charge in [-0.25, -0.2) is 9.97 Å². The smallest absolute Gasteiger partial charge is 0.350 e. The molecule has 0 saturated carbocycles. The van der Waals surface area contributed by atoms with E-state index in [1.807, 2.05) is 0 Å². The van der Waals surface area contributed by atoms with Crippen molar-refractivity contribution in [2.24, 2.45) is 0 Å². The zero-order valence-corrected chi connectivity index (χ0v) is 8.89. The van der Waals surface area contributed by atoms with Crippen LogP contribution in [0.25, 0.3) is 0 Å². The maximum Gasteiger partial charge on any atom is 0.405 e. The van der Waals surface area contributed by atoms with Crippen molar-refractivity contribution in [3.63, 3.8) is 0 Å². The summed E-state index contributed by atoms with van der Waals surface area (Å²) in [5.74, 6) is 0.497. The Morgan fingerprint density at radius 1 is 1.40 bits per heavy atom. The molecule has 0 aliphatic carbocycles. The van der Waals surface area contributed by atoms with Crippen LogP contribution < -0.4 is 4.90 Å². The maximum atomic E-state index is 12.1. The fraction of sp³-hybridized carbons (Fsp3) is 0.500. The lowest BCUT2D eigenvalue weighted by molar-refractivity contribution is -0.119. The third-order valence-electron chi connectivity index (χ3n) is 1.60. The Balaban J connectivity index is 2.86. The van der Waals surface area contributed by atoms with Crippen LogP contribution in [0.15, 0.2) is 6.07 Å².